The van der Waals surface area contributed by atoms with Gasteiger partial charge in [-0.3, -0.25) is 20.2 Å². The van der Waals surface area contributed by atoms with Crippen LogP contribution >= 0.6 is 15.9 Å². The van der Waals surface area contributed by atoms with Gasteiger partial charge in [0.05, 0.1) is 21.5 Å². The molecule has 0 saturated heterocycles. The molecule has 0 radical (unpaired) electrons. The van der Waals surface area contributed by atoms with E-state index >= 15 is 0 Å². The minimum atomic E-state index is -0.739. The van der Waals surface area contributed by atoms with E-state index in [1.54, 1.807) is 12.1 Å². The van der Waals surface area contributed by atoms with E-state index in [0.717, 1.165) is 18.2 Å². The number of non-ortho nitro benzene ring substituents is 2. The lowest BCUT2D eigenvalue weighted by Gasteiger charge is -1.97. The smallest absolute Gasteiger partial charge is 0.283 e. The molecule has 1 aromatic carbocycles. The third kappa shape index (κ3) is 2.94. The molecule has 0 bridgehead atoms. The fourth-order valence-electron chi connectivity index (χ4n) is 1.80. The van der Waals surface area contributed by atoms with E-state index in [-0.39, 0.29) is 23.1 Å². The van der Waals surface area contributed by atoms with Crippen molar-refractivity contribution < 1.29 is 18.7 Å². The lowest BCUT2D eigenvalue weighted by Crippen LogP contribution is -1.94. The van der Waals surface area contributed by atoms with Crippen LogP contribution in [0.2, 0.25) is 0 Å². The second-order valence-corrected chi connectivity index (χ2v) is 5.05. The molecule has 0 spiro atoms. The van der Waals surface area contributed by atoms with Crippen molar-refractivity contribution in [1.82, 2.24) is 10.2 Å². The summed E-state index contributed by atoms with van der Waals surface area (Å²) in [7, 11) is 0. The SMILES string of the molecule is O=[N+]([O-])c1cc(-c2nnc(-c3ccc(Br)o3)o2)cc([N+](=O)[O-])c1. The summed E-state index contributed by atoms with van der Waals surface area (Å²) in [4.78, 5) is 20.3. The molecule has 23 heavy (non-hydrogen) atoms. The Morgan fingerprint density at radius 3 is 2.04 bits per heavy atom. The molecule has 0 unspecified atom stereocenters. The number of furan rings is 1. The van der Waals surface area contributed by atoms with Crippen LogP contribution in [0.5, 0.6) is 0 Å². The van der Waals surface area contributed by atoms with E-state index in [9.17, 15) is 20.2 Å². The molecule has 0 atom stereocenters. The molecule has 10 nitrogen and oxygen atoms in total. The fraction of sp³-hybridized carbons (Fsp3) is 0. The van der Waals surface area contributed by atoms with Crippen LogP contribution in [-0.4, -0.2) is 20.0 Å². The maximum atomic E-state index is 10.9. The van der Waals surface area contributed by atoms with Crippen molar-refractivity contribution in [2.75, 3.05) is 0 Å². The first kappa shape index (κ1) is 14.8. The molecule has 2 aromatic heterocycles. The van der Waals surface area contributed by atoms with Crippen molar-refractivity contribution >= 4 is 27.3 Å². The van der Waals surface area contributed by atoms with Crippen LogP contribution in [-0.2, 0) is 0 Å². The second kappa shape index (κ2) is 5.61. The minimum absolute atomic E-state index is 0.0415. The van der Waals surface area contributed by atoms with Gasteiger partial charge in [0.25, 0.3) is 17.3 Å². The molecule has 0 N–H and O–H groups in total. The van der Waals surface area contributed by atoms with Crippen LogP contribution in [0, 0.1) is 20.2 Å². The van der Waals surface area contributed by atoms with Crippen molar-refractivity contribution in [3.8, 4) is 23.1 Å². The minimum Gasteiger partial charge on any atom is -0.444 e. The van der Waals surface area contributed by atoms with Crippen LogP contribution in [0.4, 0.5) is 11.4 Å². The van der Waals surface area contributed by atoms with Crippen molar-refractivity contribution in [3.63, 3.8) is 0 Å². The number of nitrogens with zero attached hydrogens (tertiary/aromatic N) is 4. The van der Waals surface area contributed by atoms with Gasteiger partial charge < -0.3 is 8.83 Å². The van der Waals surface area contributed by atoms with Crippen molar-refractivity contribution in [2.24, 2.45) is 0 Å². The first-order chi connectivity index (χ1) is 10.9. The highest BCUT2D eigenvalue weighted by molar-refractivity contribution is 9.10. The third-order valence-electron chi connectivity index (χ3n) is 2.78. The van der Waals surface area contributed by atoms with Crippen molar-refractivity contribution in [1.29, 1.82) is 0 Å². The average molecular weight is 381 g/mol. The van der Waals surface area contributed by atoms with Gasteiger partial charge >= 0.3 is 0 Å². The third-order valence-corrected chi connectivity index (χ3v) is 3.21. The van der Waals surface area contributed by atoms with E-state index in [2.05, 4.69) is 26.1 Å². The van der Waals surface area contributed by atoms with Crippen molar-refractivity contribution in [2.45, 2.75) is 0 Å². The van der Waals surface area contributed by atoms with E-state index < -0.39 is 21.2 Å². The van der Waals surface area contributed by atoms with Crippen molar-refractivity contribution in [3.05, 3.63) is 55.2 Å². The Kier molecular flexibility index (Phi) is 3.62. The Hall–Kier alpha value is -3.08. The van der Waals surface area contributed by atoms with Crippen LogP contribution in [0.15, 0.2) is 43.8 Å². The molecule has 0 saturated carbocycles. The largest absolute Gasteiger partial charge is 0.444 e. The molecule has 0 aliphatic carbocycles. The quantitative estimate of drug-likeness (QED) is 0.494. The van der Waals surface area contributed by atoms with E-state index in [4.69, 9.17) is 8.83 Å². The summed E-state index contributed by atoms with van der Waals surface area (Å²) in [5, 5.41) is 29.3. The molecular weight excluding hydrogens is 376 g/mol. The summed E-state index contributed by atoms with van der Waals surface area (Å²) in [5.74, 6) is 0.231. The molecule has 0 aliphatic rings. The van der Waals surface area contributed by atoms with Gasteiger partial charge in [0.1, 0.15) is 0 Å². The van der Waals surface area contributed by atoms with Gasteiger partial charge in [-0.05, 0) is 28.1 Å². The molecule has 0 aliphatic heterocycles. The van der Waals surface area contributed by atoms with E-state index in [1.807, 2.05) is 0 Å². The van der Waals surface area contributed by atoms with Gasteiger partial charge in [-0.2, -0.15) is 0 Å². The maximum absolute atomic E-state index is 10.9. The van der Waals surface area contributed by atoms with Gasteiger partial charge in [-0.25, -0.2) is 0 Å². The first-order valence-corrected chi connectivity index (χ1v) is 6.77. The van der Waals surface area contributed by atoms with Gasteiger partial charge in [0, 0.05) is 12.1 Å². The molecule has 0 amide bonds. The topological polar surface area (TPSA) is 138 Å². The molecule has 116 valence electrons. The molecular formula is C12H5BrN4O6. The van der Waals surface area contributed by atoms with Gasteiger partial charge in [0.2, 0.25) is 5.89 Å². The monoisotopic (exact) mass is 380 g/mol. The zero-order valence-electron chi connectivity index (χ0n) is 11.0. The predicted octanol–water partition coefficient (Wildman–Crippen LogP) is 3.58. The Morgan fingerprint density at radius 2 is 1.52 bits per heavy atom. The highest BCUT2D eigenvalue weighted by Crippen LogP contribution is 2.31. The van der Waals surface area contributed by atoms with E-state index in [1.165, 1.54) is 0 Å². The normalized spacial score (nSPS) is 10.7. The summed E-state index contributed by atoms with van der Waals surface area (Å²) in [6, 6.07) is 6.28. The molecule has 0 fully saturated rings. The Bertz CT molecular complexity index is 886. The summed E-state index contributed by atoms with van der Waals surface area (Å²) in [5.41, 5.74) is -0.834. The lowest BCUT2D eigenvalue weighted by molar-refractivity contribution is -0.394. The highest BCUT2D eigenvalue weighted by Gasteiger charge is 2.21. The van der Waals surface area contributed by atoms with Crippen LogP contribution in [0.1, 0.15) is 0 Å². The summed E-state index contributed by atoms with van der Waals surface area (Å²) >= 11 is 3.13. The number of hydrogen-bond acceptors (Lipinski definition) is 8. The van der Waals surface area contributed by atoms with Crippen LogP contribution in [0.25, 0.3) is 23.1 Å². The number of hydrogen-bond donors (Lipinski definition) is 0. The van der Waals surface area contributed by atoms with E-state index in [0.29, 0.717) is 4.67 Å². The van der Waals surface area contributed by atoms with Crippen LogP contribution in [0.3, 0.4) is 0 Å². The number of aromatic nitrogens is 2. The van der Waals surface area contributed by atoms with Gasteiger partial charge in [-0.15, -0.1) is 10.2 Å². The second-order valence-electron chi connectivity index (χ2n) is 4.27. The molecule has 3 rings (SSSR count). The summed E-state index contributed by atoms with van der Waals surface area (Å²) in [6.07, 6.45) is 0. The Labute approximate surface area is 135 Å². The fourth-order valence-corrected chi connectivity index (χ4v) is 2.10. The predicted molar refractivity (Wildman–Crippen MR) is 78.4 cm³/mol. The highest BCUT2D eigenvalue weighted by atomic mass is 79.9. The van der Waals surface area contributed by atoms with Gasteiger partial charge in [0.15, 0.2) is 10.4 Å². The van der Waals surface area contributed by atoms with Crippen LogP contribution < -0.4 is 0 Å². The zero-order chi connectivity index (χ0) is 16.6. The number of halogens is 1. The number of nitro benzene ring substituents is 2. The number of rotatable bonds is 4. The average Bonchev–Trinajstić information content (AvgIpc) is 3.15. The Balaban J connectivity index is 2.06. The molecule has 2 heterocycles. The molecule has 3 aromatic rings. The number of nitro groups is 2. The first-order valence-electron chi connectivity index (χ1n) is 5.97. The standard InChI is InChI=1S/C12H5BrN4O6/c13-10-2-1-9(22-10)12-15-14-11(23-12)6-3-7(16(18)19)5-8(4-6)17(20)21/h1-5H. The maximum Gasteiger partial charge on any atom is 0.283 e. The van der Waals surface area contributed by atoms with Gasteiger partial charge in [-0.1, -0.05) is 0 Å². The Morgan fingerprint density at radius 1 is 0.913 bits per heavy atom. The summed E-state index contributed by atoms with van der Waals surface area (Å²) in [6.45, 7) is 0. The summed E-state index contributed by atoms with van der Waals surface area (Å²) < 4.78 is 11.1. The molecule has 11 heteroatoms. The number of benzene rings is 1. The lowest BCUT2D eigenvalue weighted by atomic mass is 10.2. The zero-order valence-corrected chi connectivity index (χ0v) is 12.6.